The van der Waals surface area contributed by atoms with Gasteiger partial charge in [0.2, 0.25) is 0 Å². The first kappa shape index (κ1) is 21.9. The fraction of sp³-hybridized carbons (Fsp3) is 0.409. The molecule has 1 fully saturated rings. The van der Waals surface area contributed by atoms with E-state index in [0.29, 0.717) is 30.5 Å². The fourth-order valence-corrected chi connectivity index (χ4v) is 4.82. The number of hydrogen-bond acceptors (Lipinski definition) is 6. The normalized spacial score (nSPS) is 17.5. The molecule has 2 aliphatic heterocycles. The van der Waals surface area contributed by atoms with Crippen LogP contribution < -0.4 is 10.5 Å². The lowest BCUT2D eigenvalue weighted by atomic mass is 10.1. The van der Waals surface area contributed by atoms with E-state index < -0.39 is 0 Å². The number of ketones is 1. The number of carbonyl (C=O) groups is 2. The van der Waals surface area contributed by atoms with Crippen molar-refractivity contribution in [2.24, 2.45) is 0 Å². The summed E-state index contributed by atoms with van der Waals surface area (Å²) in [6, 6.07) is 4.94. The third-order valence-electron chi connectivity index (χ3n) is 5.09. The highest BCUT2D eigenvalue weighted by molar-refractivity contribution is 14.2. The average Bonchev–Trinajstić information content (AvgIpc) is 2.74. The Labute approximate surface area is 182 Å². The maximum Gasteiger partial charge on any atom is 0.311 e. The van der Waals surface area contributed by atoms with Crippen LogP contribution in [-0.4, -0.2) is 65.3 Å². The van der Waals surface area contributed by atoms with Crippen LogP contribution >= 0.6 is 20.7 Å². The van der Waals surface area contributed by atoms with E-state index in [-0.39, 0.29) is 38.2 Å². The third kappa shape index (κ3) is 6.87. The summed E-state index contributed by atoms with van der Waals surface area (Å²) in [5, 5.41) is 0. The van der Waals surface area contributed by atoms with Crippen LogP contribution in [0.1, 0.15) is 29.6 Å². The first-order chi connectivity index (χ1) is 14.0. The average molecular weight is 509 g/mol. The molecule has 0 amide bonds. The van der Waals surface area contributed by atoms with Crippen molar-refractivity contribution in [3.63, 3.8) is 0 Å². The minimum Gasteiger partial charge on any atom is -0.424 e. The molecule has 0 aliphatic carbocycles. The van der Waals surface area contributed by atoms with E-state index in [9.17, 15) is 9.59 Å². The molecule has 156 valence electrons. The number of benzene rings is 1. The van der Waals surface area contributed by atoms with E-state index in [1.54, 1.807) is 18.2 Å². The summed E-state index contributed by atoms with van der Waals surface area (Å²) in [6.07, 6.45) is 5.47. The standard InChI is InChI=1S/C22H28IN3O3/c1-25-11-13-26(14-12-25)10-8-20(27)18-5-6-19(24)21(15-18)29-22(28)7-4-17-3-2-9-23-16-17/h2-3,5-6,9,15-16H,4,7-8,10-14,24H2,1H3. The Hall–Kier alpha value is -1.84. The zero-order valence-corrected chi connectivity index (χ0v) is 18.9. The minimum absolute atomic E-state index is 0.0250. The Morgan fingerprint density at radius 3 is 2.69 bits per heavy atom. The SMILES string of the molecule is CN1CCN(CCC(=O)c2ccc(N)c(OC(=O)CCC3=CI=CC=C3)c2)CC1. The number of halogens is 1. The lowest BCUT2D eigenvalue weighted by Gasteiger charge is -2.32. The van der Waals surface area contributed by atoms with E-state index in [1.807, 2.05) is 12.2 Å². The molecule has 2 aliphatic rings. The highest BCUT2D eigenvalue weighted by Gasteiger charge is 2.17. The summed E-state index contributed by atoms with van der Waals surface area (Å²) in [4.78, 5) is 29.4. The van der Waals surface area contributed by atoms with Gasteiger partial charge in [-0.2, -0.15) is 0 Å². The minimum atomic E-state index is -0.333. The van der Waals surface area contributed by atoms with E-state index >= 15 is 0 Å². The van der Waals surface area contributed by atoms with Crippen molar-refractivity contribution in [1.29, 1.82) is 0 Å². The number of piperazine rings is 1. The van der Waals surface area contributed by atoms with Crippen LogP contribution in [0.2, 0.25) is 0 Å². The van der Waals surface area contributed by atoms with Gasteiger partial charge in [0, 0.05) is 51.1 Å². The van der Waals surface area contributed by atoms with Gasteiger partial charge in [-0.15, -0.1) is 0 Å². The van der Waals surface area contributed by atoms with Gasteiger partial charge in [-0.1, -0.05) is 32.9 Å². The molecule has 0 aromatic heterocycles. The van der Waals surface area contributed by atoms with Gasteiger partial charge in [-0.3, -0.25) is 9.59 Å². The molecular formula is C22H28IN3O3. The monoisotopic (exact) mass is 509 g/mol. The Bertz CT molecular complexity index is 840. The molecule has 3 rings (SSSR count). The van der Waals surface area contributed by atoms with Gasteiger partial charge in [-0.25, -0.2) is 0 Å². The number of nitrogens with two attached hydrogens (primary N) is 1. The predicted octanol–water partition coefficient (Wildman–Crippen LogP) is 3.00. The quantitative estimate of drug-likeness (QED) is 0.191. The number of Topliss-reactive ketones (excluding diaryl/α,β-unsaturated/α-hetero) is 1. The van der Waals surface area contributed by atoms with Crippen LogP contribution in [0.3, 0.4) is 0 Å². The summed E-state index contributed by atoms with van der Waals surface area (Å²) in [6.45, 7) is 4.78. The van der Waals surface area contributed by atoms with E-state index in [4.69, 9.17) is 10.5 Å². The molecule has 0 radical (unpaired) electrons. The summed E-state index contributed by atoms with van der Waals surface area (Å²) in [5.41, 5.74) is 8.04. The number of ether oxygens (including phenoxy) is 1. The Morgan fingerprint density at radius 1 is 1.17 bits per heavy atom. The lowest BCUT2D eigenvalue weighted by molar-refractivity contribution is -0.134. The molecule has 0 unspecified atom stereocenters. The number of carbonyl (C=O) groups excluding carboxylic acids is 2. The molecular weight excluding hydrogens is 481 g/mol. The molecule has 2 heterocycles. The van der Waals surface area contributed by atoms with Gasteiger partial charge in [0.15, 0.2) is 11.5 Å². The third-order valence-corrected chi connectivity index (χ3v) is 7.08. The van der Waals surface area contributed by atoms with Gasteiger partial charge in [-0.05, 0) is 45.3 Å². The first-order valence-electron chi connectivity index (χ1n) is 9.86. The van der Waals surface area contributed by atoms with Crippen molar-refractivity contribution in [2.75, 3.05) is 45.5 Å². The van der Waals surface area contributed by atoms with Crippen LogP contribution in [0.4, 0.5) is 5.69 Å². The highest BCUT2D eigenvalue weighted by Crippen LogP contribution is 2.25. The van der Waals surface area contributed by atoms with Crippen LogP contribution in [0.25, 0.3) is 0 Å². The molecule has 29 heavy (non-hydrogen) atoms. The molecule has 0 bridgehead atoms. The molecule has 1 saturated heterocycles. The second kappa shape index (κ2) is 10.8. The van der Waals surface area contributed by atoms with E-state index in [0.717, 1.165) is 32.7 Å². The molecule has 0 atom stereocenters. The fourth-order valence-electron chi connectivity index (χ4n) is 3.19. The van der Waals surface area contributed by atoms with Gasteiger partial charge < -0.3 is 20.3 Å². The molecule has 0 saturated carbocycles. The number of rotatable bonds is 8. The molecule has 2 N–H and O–H groups in total. The summed E-state index contributed by atoms with van der Waals surface area (Å²) in [5.74, 6) is -0.0194. The summed E-state index contributed by atoms with van der Waals surface area (Å²) < 4.78 is 9.83. The van der Waals surface area contributed by atoms with Crippen molar-refractivity contribution in [3.05, 3.63) is 45.6 Å². The van der Waals surface area contributed by atoms with Gasteiger partial charge in [0.25, 0.3) is 0 Å². The van der Waals surface area contributed by atoms with Crippen molar-refractivity contribution in [3.8, 4) is 5.75 Å². The predicted molar refractivity (Wildman–Crippen MR) is 126 cm³/mol. The van der Waals surface area contributed by atoms with Crippen molar-refractivity contribution in [1.82, 2.24) is 9.80 Å². The van der Waals surface area contributed by atoms with Crippen LogP contribution in [0.15, 0.2) is 40.0 Å². The van der Waals surface area contributed by atoms with Crippen LogP contribution in [0, 0.1) is 0 Å². The molecule has 0 spiro atoms. The Morgan fingerprint density at radius 2 is 1.97 bits per heavy atom. The molecule has 6 nitrogen and oxygen atoms in total. The van der Waals surface area contributed by atoms with Crippen molar-refractivity contribution >= 4 is 42.2 Å². The topological polar surface area (TPSA) is 75.9 Å². The Balaban J connectivity index is 1.52. The van der Waals surface area contributed by atoms with Gasteiger partial charge in [0.1, 0.15) is 0 Å². The van der Waals surface area contributed by atoms with E-state index in [2.05, 4.69) is 24.9 Å². The smallest absolute Gasteiger partial charge is 0.311 e. The maximum atomic E-state index is 12.6. The number of hydrogen-bond donors (Lipinski definition) is 1. The molecule has 1 aromatic rings. The second-order valence-electron chi connectivity index (χ2n) is 7.34. The number of allylic oxidation sites excluding steroid dienone is 3. The van der Waals surface area contributed by atoms with Gasteiger partial charge in [0.05, 0.1) is 5.69 Å². The number of nitrogens with zero attached hydrogens (tertiary/aromatic N) is 2. The number of anilines is 1. The summed E-state index contributed by atoms with van der Waals surface area (Å²) in [7, 11) is 2.11. The van der Waals surface area contributed by atoms with Crippen molar-refractivity contribution < 1.29 is 14.3 Å². The van der Waals surface area contributed by atoms with Gasteiger partial charge >= 0.3 is 5.97 Å². The van der Waals surface area contributed by atoms with Crippen molar-refractivity contribution in [2.45, 2.75) is 19.3 Å². The second-order valence-corrected chi connectivity index (χ2v) is 9.40. The molecule has 7 heteroatoms. The largest absolute Gasteiger partial charge is 0.424 e. The maximum absolute atomic E-state index is 12.6. The molecule has 1 aromatic carbocycles. The number of nitrogen functional groups attached to an aromatic ring is 1. The highest BCUT2D eigenvalue weighted by atomic mass is 127. The van der Waals surface area contributed by atoms with Crippen LogP contribution in [0.5, 0.6) is 5.75 Å². The van der Waals surface area contributed by atoms with Crippen LogP contribution in [-0.2, 0) is 4.79 Å². The lowest BCUT2D eigenvalue weighted by Crippen LogP contribution is -2.45. The zero-order valence-electron chi connectivity index (χ0n) is 16.8. The van der Waals surface area contributed by atoms with E-state index in [1.165, 1.54) is 5.57 Å². The first-order valence-corrected chi connectivity index (χ1v) is 12.4. The Kier molecular flexibility index (Phi) is 8.14. The number of likely N-dealkylation sites (N-methyl/N-ethyl adjacent to an activating group) is 1. The summed E-state index contributed by atoms with van der Waals surface area (Å²) >= 11 is -0.0250. The zero-order chi connectivity index (χ0) is 20.6. The number of esters is 1.